The Hall–Kier alpha value is -3.76. The van der Waals surface area contributed by atoms with Crippen molar-refractivity contribution >= 4 is 28.8 Å². The number of amides is 1. The van der Waals surface area contributed by atoms with Crippen LogP contribution in [0.2, 0.25) is 0 Å². The third-order valence-electron chi connectivity index (χ3n) is 7.36. The van der Waals surface area contributed by atoms with Crippen LogP contribution in [0.15, 0.2) is 36.7 Å². The molecular weight excluding hydrogens is 480 g/mol. The van der Waals surface area contributed by atoms with Gasteiger partial charge in [-0.05, 0) is 49.6 Å². The highest BCUT2D eigenvalue weighted by atomic mass is 16.5. The summed E-state index contributed by atoms with van der Waals surface area (Å²) in [6, 6.07) is 5.97. The van der Waals surface area contributed by atoms with Gasteiger partial charge in [-0.1, -0.05) is 25.1 Å². The Morgan fingerprint density at radius 2 is 1.95 bits per heavy atom. The lowest BCUT2D eigenvalue weighted by Gasteiger charge is -2.36. The lowest BCUT2D eigenvalue weighted by molar-refractivity contribution is -0.122. The number of carbonyl (C=O) groups is 1. The molecule has 1 aromatic carbocycles. The number of piperazine rings is 1. The van der Waals surface area contributed by atoms with E-state index in [2.05, 4.69) is 56.6 Å². The van der Waals surface area contributed by atoms with E-state index in [9.17, 15) is 4.79 Å². The number of aromatic nitrogens is 4. The molecule has 10 heteroatoms. The zero-order valence-corrected chi connectivity index (χ0v) is 22.8. The molecule has 0 unspecified atom stereocenters. The Labute approximate surface area is 223 Å². The Morgan fingerprint density at radius 3 is 2.68 bits per heavy atom. The maximum Gasteiger partial charge on any atom is 0.256 e. The highest BCUT2D eigenvalue weighted by Crippen LogP contribution is 2.37. The summed E-state index contributed by atoms with van der Waals surface area (Å²) in [7, 11) is 5.55. The van der Waals surface area contributed by atoms with Crippen molar-refractivity contribution in [2.24, 2.45) is 7.05 Å². The number of fused-ring (bicyclic) bond motifs is 1. The van der Waals surface area contributed by atoms with Crippen LogP contribution in [0, 0.1) is 6.92 Å². The van der Waals surface area contributed by atoms with Gasteiger partial charge < -0.3 is 20.3 Å². The van der Waals surface area contributed by atoms with Crippen LogP contribution in [0.5, 0.6) is 5.88 Å². The van der Waals surface area contributed by atoms with Crippen molar-refractivity contribution in [3.05, 3.63) is 59.1 Å². The minimum absolute atomic E-state index is 0.0639. The van der Waals surface area contributed by atoms with E-state index in [-0.39, 0.29) is 11.9 Å². The fourth-order valence-corrected chi connectivity index (χ4v) is 5.27. The van der Waals surface area contributed by atoms with Crippen molar-refractivity contribution in [1.29, 1.82) is 0 Å². The van der Waals surface area contributed by atoms with Crippen LogP contribution in [0.1, 0.15) is 35.7 Å². The third kappa shape index (κ3) is 5.14. The lowest BCUT2D eigenvalue weighted by Crippen LogP contribution is -2.52. The van der Waals surface area contributed by atoms with Crippen molar-refractivity contribution in [1.82, 2.24) is 29.5 Å². The van der Waals surface area contributed by atoms with Gasteiger partial charge in [-0.15, -0.1) is 5.10 Å². The number of nitrogens with one attached hydrogen (secondary N) is 2. The number of allylic oxidation sites excluding steroid dienone is 1. The summed E-state index contributed by atoms with van der Waals surface area (Å²) in [5, 5.41) is 10.8. The molecule has 1 atom stereocenters. The van der Waals surface area contributed by atoms with Crippen molar-refractivity contribution in [2.75, 3.05) is 51.0 Å². The quantitative estimate of drug-likeness (QED) is 0.471. The minimum Gasteiger partial charge on any atom is -0.478 e. The van der Waals surface area contributed by atoms with E-state index in [4.69, 9.17) is 9.72 Å². The maximum absolute atomic E-state index is 13.4. The fraction of sp³-hybridized carbons (Fsp3) is 0.429. The largest absolute Gasteiger partial charge is 0.478 e. The molecule has 3 heterocycles. The van der Waals surface area contributed by atoms with Gasteiger partial charge in [0, 0.05) is 50.7 Å². The topological polar surface area (TPSA) is 100 Å². The van der Waals surface area contributed by atoms with Gasteiger partial charge in [0.25, 0.3) is 5.88 Å². The van der Waals surface area contributed by atoms with E-state index in [1.54, 1.807) is 11.8 Å². The van der Waals surface area contributed by atoms with Crippen LogP contribution in [-0.2, 0) is 18.3 Å². The summed E-state index contributed by atoms with van der Waals surface area (Å²) in [5.41, 5.74) is 6.65. The van der Waals surface area contributed by atoms with Crippen LogP contribution >= 0.6 is 0 Å². The van der Waals surface area contributed by atoms with Crippen molar-refractivity contribution in [2.45, 2.75) is 32.7 Å². The first kappa shape index (κ1) is 25.9. The number of benzene rings is 1. The Bertz CT molecular complexity index is 1360. The number of anilines is 3. The predicted octanol–water partition coefficient (Wildman–Crippen LogP) is 3.22. The molecule has 0 spiro atoms. The van der Waals surface area contributed by atoms with Crippen LogP contribution < -0.4 is 15.4 Å². The summed E-state index contributed by atoms with van der Waals surface area (Å²) in [5.74, 6) is 1.01. The molecule has 0 radical (unpaired) electrons. The van der Waals surface area contributed by atoms with Gasteiger partial charge in [0.1, 0.15) is 5.69 Å². The molecule has 2 aromatic heterocycles. The molecule has 0 saturated carbocycles. The SMILES string of the molecule is CC[C@@H](C(=O)Nc1cccc2c1CC=C2c1nc(Nc2cn(C)nc2OC)ncc1C)N1CCN(C)CC1. The molecule has 2 N–H and O–H groups in total. The van der Waals surface area contributed by atoms with Crippen LogP contribution in [0.25, 0.3) is 5.57 Å². The molecule has 5 rings (SSSR count). The molecule has 200 valence electrons. The zero-order valence-electron chi connectivity index (χ0n) is 22.8. The second kappa shape index (κ2) is 10.9. The highest BCUT2D eigenvalue weighted by Gasteiger charge is 2.28. The lowest BCUT2D eigenvalue weighted by atomic mass is 9.99. The molecule has 38 heavy (non-hydrogen) atoms. The smallest absolute Gasteiger partial charge is 0.256 e. The average Bonchev–Trinajstić information content (AvgIpc) is 3.50. The van der Waals surface area contributed by atoms with E-state index in [0.29, 0.717) is 17.5 Å². The molecule has 3 aromatic rings. The molecule has 1 saturated heterocycles. The second-order valence-electron chi connectivity index (χ2n) is 9.98. The number of carbonyl (C=O) groups excluding carboxylic acids is 1. The number of likely N-dealkylation sites (N-methyl/N-ethyl adjacent to an activating group) is 1. The standard InChI is InChI=1S/C28H36N8O2/c1-6-24(36-14-12-34(3)13-15-36)26(37)30-22-9-7-8-19-20(22)10-11-21(19)25-18(2)16-29-28(32-25)31-23-17-35(4)33-27(23)38-5/h7-9,11,16-17,24H,6,10,12-15H2,1-5H3,(H,30,37)(H,29,31,32)/t24-/m0/s1. The number of hydrogen-bond donors (Lipinski definition) is 2. The van der Waals surface area contributed by atoms with E-state index in [0.717, 1.165) is 72.7 Å². The summed E-state index contributed by atoms with van der Waals surface area (Å²) in [6.07, 6.45) is 7.34. The van der Waals surface area contributed by atoms with Crippen LogP contribution in [0.4, 0.5) is 17.3 Å². The number of ether oxygens (including phenoxy) is 1. The van der Waals surface area contributed by atoms with E-state index in [1.807, 2.05) is 38.5 Å². The normalized spacial score (nSPS) is 16.6. The predicted molar refractivity (Wildman–Crippen MR) is 149 cm³/mol. The van der Waals surface area contributed by atoms with Gasteiger partial charge in [0.05, 0.1) is 25.0 Å². The van der Waals surface area contributed by atoms with Crippen molar-refractivity contribution < 1.29 is 9.53 Å². The first-order valence-electron chi connectivity index (χ1n) is 13.1. The fourth-order valence-electron chi connectivity index (χ4n) is 5.27. The number of nitrogens with zero attached hydrogens (tertiary/aromatic N) is 6. The molecule has 10 nitrogen and oxygen atoms in total. The number of hydrogen-bond acceptors (Lipinski definition) is 8. The highest BCUT2D eigenvalue weighted by molar-refractivity contribution is 5.97. The third-order valence-corrected chi connectivity index (χ3v) is 7.36. The second-order valence-corrected chi connectivity index (χ2v) is 9.98. The van der Waals surface area contributed by atoms with E-state index < -0.39 is 0 Å². The summed E-state index contributed by atoms with van der Waals surface area (Å²) in [6.45, 7) is 7.89. The number of aryl methyl sites for hydroxylation is 2. The van der Waals surface area contributed by atoms with Gasteiger partial charge >= 0.3 is 0 Å². The molecule has 1 fully saturated rings. The van der Waals surface area contributed by atoms with Crippen molar-refractivity contribution in [3.63, 3.8) is 0 Å². The first-order chi connectivity index (χ1) is 18.4. The van der Waals surface area contributed by atoms with E-state index in [1.165, 1.54) is 0 Å². The maximum atomic E-state index is 13.4. The first-order valence-corrected chi connectivity index (χ1v) is 13.1. The van der Waals surface area contributed by atoms with Crippen LogP contribution in [0.3, 0.4) is 0 Å². The van der Waals surface area contributed by atoms with Crippen molar-refractivity contribution in [3.8, 4) is 5.88 Å². The Kier molecular flexibility index (Phi) is 7.44. The van der Waals surface area contributed by atoms with Gasteiger partial charge in [0.2, 0.25) is 11.9 Å². The molecule has 0 bridgehead atoms. The van der Waals surface area contributed by atoms with Gasteiger partial charge in [-0.25, -0.2) is 9.97 Å². The summed E-state index contributed by atoms with van der Waals surface area (Å²) >= 11 is 0. The monoisotopic (exact) mass is 516 g/mol. The van der Waals surface area contributed by atoms with E-state index >= 15 is 0 Å². The number of rotatable bonds is 8. The van der Waals surface area contributed by atoms with Gasteiger partial charge in [-0.3, -0.25) is 14.4 Å². The molecule has 1 aliphatic carbocycles. The molecule has 2 aliphatic rings. The summed E-state index contributed by atoms with van der Waals surface area (Å²) in [4.78, 5) is 27.3. The zero-order chi connectivity index (χ0) is 26.8. The van der Waals surface area contributed by atoms with Gasteiger partial charge in [-0.2, -0.15) is 0 Å². The number of methoxy groups -OCH3 is 1. The molecule has 1 aliphatic heterocycles. The summed E-state index contributed by atoms with van der Waals surface area (Å²) < 4.78 is 7.03. The van der Waals surface area contributed by atoms with Crippen LogP contribution in [-0.4, -0.2) is 81.8 Å². The minimum atomic E-state index is -0.129. The Balaban J connectivity index is 1.37. The molecular formula is C28H36N8O2. The Morgan fingerprint density at radius 1 is 1.16 bits per heavy atom. The average molecular weight is 517 g/mol. The molecule has 1 amide bonds. The van der Waals surface area contributed by atoms with Gasteiger partial charge in [0.15, 0.2) is 0 Å².